The molecule has 2 aliphatic heterocycles. The Morgan fingerprint density at radius 1 is 1.19 bits per heavy atom. The fraction of sp³-hybridized carbons (Fsp3) is 0.455. The van der Waals surface area contributed by atoms with Crippen LogP contribution in [0, 0.1) is 0 Å². The number of methoxy groups -OCH3 is 1. The highest BCUT2D eigenvalue weighted by Gasteiger charge is 2.46. The summed E-state index contributed by atoms with van der Waals surface area (Å²) in [6.45, 7) is 0.696. The Kier molecular flexibility index (Phi) is 4.88. The Balaban J connectivity index is 1.65. The van der Waals surface area contributed by atoms with Gasteiger partial charge >= 0.3 is 0 Å². The van der Waals surface area contributed by atoms with E-state index in [-0.39, 0.29) is 18.3 Å². The minimum Gasteiger partial charge on any atom is -0.493 e. The number of aliphatic hydroxyl groups is 1. The quantitative estimate of drug-likeness (QED) is 0.817. The summed E-state index contributed by atoms with van der Waals surface area (Å²) in [7, 11) is 1.69. The van der Waals surface area contributed by atoms with Crippen molar-refractivity contribution in [2.24, 2.45) is 0 Å². The molecule has 0 saturated carbocycles. The van der Waals surface area contributed by atoms with Crippen LogP contribution in [0.2, 0.25) is 0 Å². The average molecular weight is 354 g/mol. The van der Waals surface area contributed by atoms with E-state index in [2.05, 4.69) is 24.3 Å². The van der Waals surface area contributed by atoms with Crippen molar-refractivity contribution in [3.8, 4) is 11.5 Å². The van der Waals surface area contributed by atoms with Gasteiger partial charge < -0.3 is 19.3 Å². The number of aliphatic hydroxyl groups excluding tert-OH is 1. The van der Waals surface area contributed by atoms with Gasteiger partial charge in [0.1, 0.15) is 6.61 Å². The van der Waals surface area contributed by atoms with Crippen LogP contribution in [-0.4, -0.2) is 24.9 Å². The summed E-state index contributed by atoms with van der Waals surface area (Å²) >= 11 is 0. The van der Waals surface area contributed by atoms with Crippen molar-refractivity contribution in [3.05, 3.63) is 59.2 Å². The van der Waals surface area contributed by atoms with Crippen molar-refractivity contribution in [1.29, 1.82) is 0 Å². The first-order valence-corrected chi connectivity index (χ1v) is 9.41. The van der Waals surface area contributed by atoms with E-state index in [1.54, 1.807) is 7.11 Å². The van der Waals surface area contributed by atoms with Crippen LogP contribution < -0.4 is 9.47 Å². The molecule has 0 unspecified atom stereocenters. The average Bonchev–Trinajstić information content (AvgIpc) is 3.03. The molecule has 1 saturated heterocycles. The molecule has 0 spiro atoms. The number of hydrogen-bond donors (Lipinski definition) is 1. The Morgan fingerprint density at radius 3 is 2.81 bits per heavy atom. The highest BCUT2D eigenvalue weighted by Crippen LogP contribution is 2.51. The molecule has 1 N–H and O–H groups in total. The van der Waals surface area contributed by atoms with Crippen molar-refractivity contribution in [2.45, 2.75) is 50.4 Å². The van der Waals surface area contributed by atoms with E-state index in [9.17, 15) is 5.11 Å². The lowest BCUT2D eigenvalue weighted by Crippen LogP contribution is -2.33. The summed E-state index contributed by atoms with van der Waals surface area (Å²) in [5, 5.41) is 9.32. The third kappa shape index (κ3) is 3.19. The lowest BCUT2D eigenvalue weighted by Gasteiger charge is -2.36. The lowest BCUT2D eigenvalue weighted by molar-refractivity contribution is -0.0655. The first-order valence-electron chi connectivity index (χ1n) is 9.41. The molecular formula is C22H26O4. The van der Waals surface area contributed by atoms with Gasteiger partial charge in [-0.2, -0.15) is 0 Å². The standard InChI is InChI=1S/C22H26O4/c1-24-20-13-17-12-18-8-10-22(26-18,9-5-11-23)19(17)14-21(20)25-15-16-6-3-2-4-7-16/h2-4,6-7,13-14,18,23H,5,8-12,15H2,1H3/t18-,22+/m1/s1. The maximum Gasteiger partial charge on any atom is 0.162 e. The predicted octanol–water partition coefficient (Wildman–Crippen LogP) is 3.98. The highest BCUT2D eigenvalue weighted by atomic mass is 16.5. The van der Waals surface area contributed by atoms with Crippen LogP contribution in [0.5, 0.6) is 11.5 Å². The van der Waals surface area contributed by atoms with Crippen molar-refractivity contribution >= 4 is 0 Å². The van der Waals surface area contributed by atoms with Crippen LogP contribution in [-0.2, 0) is 23.4 Å². The zero-order valence-corrected chi connectivity index (χ0v) is 15.2. The second-order valence-electron chi connectivity index (χ2n) is 7.24. The summed E-state index contributed by atoms with van der Waals surface area (Å²) < 4.78 is 18.1. The lowest BCUT2D eigenvalue weighted by atomic mass is 9.83. The molecule has 2 aromatic carbocycles. The second-order valence-corrected chi connectivity index (χ2v) is 7.24. The van der Waals surface area contributed by atoms with Gasteiger partial charge in [0.15, 0.2) is 11.5 Å². The van der Waals surface area contributed by atoms with E-state index in [1.165, 1.54) is 11.1 Å². The summed E-state index contributed by atoms with van der Waals surface area (Å²) in [6, 6.07) is 14.4. The van der Waals surface area contributed by atoms with Gasteiger partial charge in [-0.3, -0.25) is 0 Å². The van der Waals surface area contributed by atoms with Gasteiger partial charge in [0.05, 0.1) is 18.8 Å². The molecule has 4 nitrogen and oxygen atoms in total. The van der Waals surface area contributed by atoms with E-state index in [1.807, 2.05) is 18.2 Å². The minimum atomic E-state index is -0.280. The number of hydrogen-bond acceptors (Lipinski definition) is 4. The van der Waals surface area contributed by atoms with Crippen molar-refractivity contribution in [2.75, 3.05) is 13.7 Å². The van der Waals surface area contributed by atoms with Gasteiger partial charge in [-0.05, 0) is 60.9 Å². The maximum absolute atomic E-state index is 9.32. The molecule has 138 valence electrons. The fourth-order valence-corrected chi connectivity index (χ4v) is 4.30. The van der Waals surface area contributed by atoms with Gasteiger partial charge in [-0.1, -0.05) is 30.3 Å². The fourth-order valence-electron chi connectivity index (χ4n) is 4.30. The van der Waals surface area contributed by atoms with Gasteiger partial charge in [-0.25, -0.2) is 0 Å². The normalized spacial score (nSPS) is 23.5. The third-order valence-electron chi connectivity index (χ3n) is 5.57. The molecule has 4 rings (SSSR count). The van der Waals surface area contributed by atoms with Crippen molar-refractivity contribution in [3.63, 3.8) is 0 Å². The molecule has 2 heterocycles. The third-order valence-corrected chi connectivity index (χ3v) is 5.57. The van der Waals surface area contributed by atoms with Gasteiger partial charge in [0.25, 0.3) is 0 Å². The first-order chi connectivity index (χ1) is 12.7. The Hall–Kier alpha value is -2.04. The zero-order valence-electron chi connectivity index (χ0n) is 15.2. The van der Waals surface area contributed by atoms with Crippen molar-refractivity contribution < 1.29 is 19.3 Å². The molecule has 2 aliphatic rings. The largest absolute Gasteiger partial charge is 0.493 e. The van der Waals surface area contributed by atoms with Gasteiger partial charge in [-0.15, -0.1) is 0 Å². The summed E-state index contributed by atoms with van der Waals surface area (Å²) in [6.07, 6.45) is 4.88. The number of ether oxygens (including phenoxy) is 3. The first kappa shape index (κ1) is 17.4. The van der Waals surface area contributed by atoms with E-state index >= 15 is 0 Å². The van der Waals surface area contributed by atoms with Gasteiger partial charge in [0, 0.05) is 6.61 Å². The predicted molar refractivity (Wildman–Crippen MR) is 99.6 cm³/mol. The van der Waals surface area contributed by atoms with Crippen LogP contribution in [0.3, 0.4) is 0 Å². The van der Waals surface area contributed by atoms with E-state index in [4.69, 9.17) is 14.2 Å². The van der Waals surface area contributed by atoms with Crippen LogP contribution in [0.4, 0.5) is 0 Å². The van der Waals surface area contributed by atoms with Crippen LogP contribution in [0.25, 0.3) is 0 Å². The SMILES string of the molecule is COc1cc2c(cc1OCc1ccccc1)[C@]1(CCCO)CC[C@H](C2)O1. The Morgan fingerprint density at radius 2 is 2.04 bits per heavy atom. The molecule has 2 atom stereocenters. The van der Waals surface area contributed by atoms with Crippen LogP contribution in [0.1, 0.15) is 42.4 Å². The number of fused-ring (bicyclic) bond motifs is 4. The molecule has 26 heavy (non-hydrogen) atoms. The summed E-state index contributed by atoms with van der Waals surface area (Å²) in [5.74, 6) is 1.53. The van der Waals surface area contributed by atoms with Crippen LogP contribution >= 0.6 is 0 Å². The summed E-state index contributed by atoms with van der Waals surface area (Å²) in [5.41, 5.74) is 3.35. The van der Waals surface area contributed by atoms with E-state index in [0.717, 1.165) is 49.2 Å². The number of rotatable bonds is 7. The van der Waals surface area contributed by atoms with E-state index < -0.39 is 0 Å². The van der Waals surface area contributed by atoms with Gasteiger partial charge in [0.2, 0.25) is 0 Å². The molecule has 0 aromatic heterocycles. The topological polar surface area (TPSA) is 47.9 Å². The molecule has 1 fully saturated rings. The second kappa shape index (κ2) is 7.29. The molecule has 4 heteroatoms. The smallest absolute Gasteiger partial charge is 0.162 e. The molecular weight excluding hydrogens is 328 g/mol. The Labute approximate surface area is 154 Å². The van der Waals surface area contributed by atoms with Crippen LogP contribution in [0.15, 0.2) is 42.5 Å². The molecule has 0 amide bonds. The summed E-state index contributed by atoms with van der Waals surface area (Å²) in [4.78, 5) is 0. The van der Waals surface area contributed by atoms with Crippen molar-refractivity contribution in [1.82, 2.24) is 0 Å². The maximum atomic E-state index is 9.32. The number of benzene rings is 2. The molecule has 0 radical (unpaired) electrons. The Bertz CT molecular complexity index is 758. The molecule has 2 aromatic rings. The monoisotopic (exact) mass is 354 g/mol. The highest BCUT2D eigenvalue weighted by molar-refractivity contribution is 5.51. The molecule has 2 bridgehead atoms. The molecule has 0 aliphatic carbocycles. The zero-order chi connectivity index (χ0) is 18.0. The minimum absolute atomic E-state index is 0.193. The van der Waals surface area contributed by atoms with E-state index in [0.29, 0.717) is 6.61 Å².